The van der Waals surface area contributed by atoms with Crippen molar-refractivity contribution in [2.75, 3.05) is 12.3 Å². The molecule has 3 rings (SSSR count). The van der Waals surface area contributed by atoms with Gasteiger partial charge in [0.2, 0.25) is 0 Å². The summed E-state index contributed by atoms with van der Waals surface area (Å²) in [4.78, 5) is 14.2. The third-order valence-electron chi connectivity index (χ3n) is 4.90. The van der Waals surface area contributed by atoms with Crippen molar-refractivity contribution in [3.8, 4) is 5.69 Å². The van der Waals surface area contributed by atoms with E-state index < -0.39 is 5.60 Å². The summed E-state index contributed by atoms with van der Waals surface area (Å²) in [6, 6.07) is 6.34. The van der Waals surface area contributed by atoms with E-state index in [1.165, 1.54) is 11.1 Å². The minimum atomic E-state index is -0.511. The lowest BCUT2D eigenvalue weighted by molar-refractivity contribution is 0.0224. The fourth-order valence-electron chi connectivity index (χ4n) is 3.53. The number of rotatable bonds is 3. The van der Waals surface area contributed by atoms with Crippen LogP contribution in [0.4, 0.5) is 10.6 Å². The van der Waals surface area contributed by atoms with Gasteiger partial charge in [-0.3, -0.25) is 0 Å². The Balaban J connectivity index is 1.96. The molecule has 0 atom stereocenters. The number of para-hydroxylation sites is 1. The average molecular weight is 370 g/mol. The first-order valence-electron chi connectivity index (χ1n) is 9.70. The van der Waals surface area contributed by atoms with Crippen LogP contribution in [0.25, 0.3) is 5.69 Å². The van der Waals surface area contributed by atoms with Gasteiger partial charge in [0.05, 0.1) is 17.9 Å². The van der Waals surface area contributed by atoms with Gasteiger partial charge in [0.15, 0.2) is 0 Å². The Morgan fingerprint density at radius 1 is 1.22 bits per heavy atom. The molecule has 0 saturated heterocycles. The molecule has 6 heteroatoms. The van der Waals surface area contributed by atoms with E-state index in [9.17, 15) is 4.79 Å². The summed E-state index contributed by atoms with van der Waals surface area (Å²) in [6.45, 7) is 10.9. The van der Waals surface area contributed by atoms with Crippen molar-refractivity contribution >= 4 is 11.9 Å². The number of aryl methyl sites for hydroxylation is 2. The lowest BCUT2D eigenvalue weighted by Gasteiger charge is -2.29. The maximum absolute atomic E-state index is 12.4. The van der Waals surface area contributed by atoms with Gasteiger partial charge >= 0.3 is 6.09 Å². The van der Waals surface area contributed by atoms with Crippen molar-refractivity contribution < 1.29 is 9.53 Å². The molecule has 1 aromatic carbocycles. The number of nitrogens with zero attached hydrogens (tertiary/aromatic N) is 3. The van der Waals surface area contributed by atoms with Crippen molar-refractivity contribution in [1.29, 1.82) is 0 Å². The van der Waals surface area contributed by atoms with Gasteiger partial charge in [-0.2, -0.15) is 5.10 Å². The zero-order valence-corrected chi connectivity index (χ0v) is 17.0. The average Bonchev–Trinajstić information content (AvgIpc) is 2.95. The summed E-state index contributed by atoms with van der Waals surface area (Å²) in [5.74, 6) is 0.619. The molecule has 146 valence electrons. The molecule has 0 saturated carbocycles. The van der Waals surface area contributed by atoms with Gasteiger partial charge in [-0.15, -0.1) is 0 Å². The van der Waals surface area contributed by atoms with Crippen molar-refractivity contribution in [2.45, 2.75) is 66.0 Å². The molecule has 2 aromatic rings. The molecule has 1 aliphatic rings. The Morgan fingerprint density at radius 3 is 2.41 bits per heavy atom. The normalized spacial score (nSPS) is 14.2. The highest BCUT2D eigenvalue weighted by atomic mass is 16.6. The van der Waals surface area contributed by atoms with Gasteiger partial charge in [0.1, 0.15) is 11.4 Å². The molecule has 2 N–H and O–H groups in total. The highest BCUT2D eigenvalue weighted by Gasteiger charge is 2.30. The van der Waals surface area contributed by atoms with Crippen LogP contribution < -0.4 is 5.73 Å². The first-order valence-corrected chi connectivity index (χ1v) is 9.70. The number of ether oxygens (including phenoxy) is 1. The highest BCUT2D eigenvalue weighted by Crippen LogP contribution is 2.30. The quantitative estimate of drug-likeness (QED) is 0.890. The molecule has 0 aliphatic carbocycles. The van der Waals surface area contributed by atoms with E-state index in [-0.39, 0.29) is 6.09 Å². The van der Waals surface area contributed by atoms with E-state index in [0.29, 0.717) is 25.3 Å². The number of hydrogen-bond donors (Lipinski definition) is 1. The van der Waals surface area contributed by atoms with Crippen LogP contribution >= 0.6 is 0 Å². The Bertz CT molecular complexity index is 826. The molecule has 27 heavy (non-hydrogen) atoms. The van der Waals surface area contributed by atoms with Gasteiger partial charge in [-0.05, 0) is 44.7 Å². The number of fused-ring (bicyclic) bond motifs is 1. The molecule has 6 nitrogen and oxygen atoms in total. The monoisotopic (exact) mass is 370 g/mol. The second-order valence-electron chi connectivity index (χ2n) is 8.01. The number of carbonyl (C=O) groups is 1. The van der Waals surface area contributed by atoms with Crippen LogP contribution in [-0.4, -0.2) is 32.9 Å². The van der Waals surface area contributed by atoms with Gasteiger partial charge in [0.25, 0.3) is 0 Å². The Morgan fingerprint density at radius 2 is 1.85 bits per heavy atom. The fraction of sp³-hybridized carbons (Fsp3) is 0.524. The second kappa shape index (κ2) is 7.25. The number of nitrogens with two attached hydrogens (primary N) is 1. The summed E-state index contributed by atoms with van der Waals surface area (Å²) in [6.07, 6.45) is 2.21. The SMILES string of the molecule is CCc1cccc(CC)c1-n1nc2c(c1N)CN(C(=O)OC(C)(C)C)CC2. The zero-order chi connectivity index (χ0) is 19.8. The number of anilines is 1. The number of amides is 1. The van der Waals surface area contributed by atoms with Crippen molar-refractivity contribution in [3.63, 3.8) is 0 Å². The van der Waals surface area contributed by atoms with Crippen LogP contribution in [0, 0.1) is 0 Å². The van der Waals surface area contributed by atoms with Crippen molar-refractivity contribution in [1.82, 2.24) is 14.7 Å². The smallest absolute Gasteiger partial charge is 0.410 e. The second-order valence-corrected chi connectivity index (χ2v) is 8.01. The molecule has 1 aromatic heterocycles. The highest BCUT2D eigenvalue weighted by molar-refractivity contribution is 5.69. The van der Waals surface area contributed by atoms with E-state index in [1.54, 1.807) is 4.90 Å². The minimum absolute atomic E-state index is 0.302. The van der Waals surface area contributed by atoms with Crippen LogP contribution in [0.1, 0.15) is 57.0 Å². The maximum Gasteiger partial charge on any atom is 0.410 e. The van der Waals surface area contributed by atoms with E-state index in [0.717, 1.165) is 29.8 Å². The lowest BCUT2D eigenvalue weighted by atomic mass is 10.0. The van der Waals surface area contributed by atoms with Gasteiger partial charge in [-0.1, -0.05) is 32.0 Å². The molecule has 1 amide bonds. The molecule has 0 radical (unpaired) electrons. The summed E-state index contributed by atoms with van der Waals surface area (Å²) >= 11 is 0. The third-order valence-corrected chi connectivity index (χ3v) is 4.90. The molecule has 0 spiro atoms. The van der Waals surface area contributed by atoms with Crippen LogP contribution in [0.3, 0.4) is 0 Å². The standard InChI is InChI=1S/C21H30N4O2/c1-6-14-9-8-10-15(7-2)18(14)25-19(22)16-13-24(12-11-17(16)23-25)20(26)27-21(3,4)5/h8-10H,6-7,11-13,22H2,1-5H3. The van der Waals surface area contributed by atoms with E-state index in [4.69, 9.17) is 15.6 Å². The van der Waals surface area contributed by atoms with Crippen LogP contribution in [0.5, 0.6) is 0 Å². The fourth-order valence-corrected chi connectivity index (χ4v) is 3.53. The number of benzene rings is 1. The van der Waals surface area contributed by atoms with E-state index in [2.05, 4.69) is 32.0 Å². The number of aromatic nitrogens is 2. The summed E-state index contributed by atoms with van der Waals surface area (Å²) in [5.41, 5.74) is 11.4. The molecule has 0 bridgehead atoms. The number of carbonyl (C=O) groups excluding carboxylic acids is 1. The molecule has 2 heterocycles. The Kier molecular flexibility index (Phi) is 5.18. The van der Waals surface area contributed by atoms with E-state index >= 15 is 0 Å². The van der Waals surface area contributed by atoms with Crippen LogP contribution in [-0.2, 0) is 30.5 Å². The molecule has 0 fully saturated rings. The first-order chi connectivity index (χ1) is 12.7. The molecule has 1 aliphatic heterocycles. The summed E-state index contributed by atoms with van der Waals surface area (Å²) in [7, 11) is 0. The Labute approximate surface area is 161 Å². The predicted octanol–water partition coefficient (Wildman–Crippen LogP) is 3.87. The predicted molar refractivity (Wildman–Crippen MR) is 107 cm³/mol. The lowest BCUT2D eigenvalue weighted by Crippen LogP contribution is -2.39. The zero-order valence-electron chi connectivity index (χ0n) is 17.0. The molecular weight excluding hydrogens is 340 g/mol. The molecule has 0 unspecified atom stereocenters. The summed E-state index contributed by atoms with van der Waals surface area (Å²) in [5, 5.41) is 4.82. The van der Waals surface area contributed by atoms with Gasteiger partial charge < -0.3 is 15.4 Å². The summed E-state index contributed by atoms with van der Waals surface area (Å²) < 4.78 is 7.39. The largest absolute Gasteiger partial charge is 0.444 e. The number of hydrogen-bond acceptors (Lipinski definition) is 4. The van der Waals surface area contributed by atoms with Crippen LogP contribution in [0.2, 0.25) is 0 Å². The Hall–Kier alpha value is -2.50. The topological polar surface area (TPSA) is 73.4 Å². The van der Waals surface area contributed by atoms with Gasteiger partial charge in [0, 0.05) is 18.5 Å². The van der Waals surface area contributed by atoms with Crippen molar-refractivity contribution in [2.24, 2.45) is 0 Å². The first kappa shape index (κ1) is 19.3. The van der Waals surface area contributed by atoms with E-state index in [1.807, 2.05) is 25.5 Å². The van der Waals surface area contributed by atoms with Crippen molar-refractivity contribution in [3.05, 3.63) is 40.6 Å². The number of nitrogen functional groups attached to an aromatic ring is 1. The minimum Gasteiger partial charge on any atom is -0.444 e. The van der Waals surface area contributed by atoms with Crippen LogP contribution in [0.15, 0.2) is 18.2 Å². The third kappa shape index (κ3) is 3.80. The molecular formula is C21H30N4O2. The van der Waals surface area contributed by atoms with Gasteiger partial charge in [-0.25, -0.2) is 9.48 Å². The maximum atomic E-state index is 12.4.